The summed E-state index contributed by atoms with van der Waals surface area (Å²) < 4.78 is 5.67. The van der Waals surface area contributed by atoms with Crippen LogP contribution in [0.5, 0.6) is 5.75 Å². The van der Waals surface area contributed by atoms with Crippen LogP contribution in [0.4, 0.5) is 0 Å². The highest BCUT2D eigenvalue weighted by Gasteiger charge is 2.24. The lowest BCUT2D eigenvalue weighted by molar-refractivity contribution is 0.0433. The lowest BCUT2D eigenvalue weighted by Gasteiger charge is -2.39. The summed E-state index contributed by atoms with van der Waals surface area (Å²) in [5, 5.41) is 10.2. The highest BCUT2D eigenvalue weighted by Crippen LogP contribution is 2.18. The Morgan fingerprint density at radius 2 is 1.83 bits per heavy atom. The van der Waals surface area contributed by atoms with Crippen LogP contribution in [0.1, 0.15) is 32.3 Å². The molecule has 0 radical (unpaired) electrons. The lowest BCUT2D eigenvalue weighted by atomic mass is 10.0. The summed E-state index contributed by atoms with van der Waals surface area (Å²) in [6, 6.07) is 9.15. The second kappa shape index (κ2) is 8.67. The van der Waals surface area contributed by atoms with Gasteiger partial charge in [0, 0.05) is 18.6 Å². The average Bonchev–Trinajstić information content (AvgIpc) is 2.54. The van der Waals surface area contributed by atoms with E-state index in [4.69, 9.17) is 4.74 Å². The number of likely N-dealkylation sites (tertiary alicyclic amines) is 1. The molecule has 4 nitrogen and oxygen atoms in total. The second-order valence-electron chi connectivity index (χ2n) is 7.08. The Hall–Kier alpha value is -1.10. The normalized spacial score (nSPS) is 18.6. The minimum Gasteiger partial charge on any atom is -0.491 e. The first kappa shape index (κ1) is 18.2. The predicted molar refractivity (Wildman–Crippen MR) is 95.0 cm³/mol. The molecule has 1 aliphatic rings. The minimum atomic E-state index is -0.454. The molecule has 1 fully saturated rings. The summed E-state index contributed by atoms with van der Waals surface area (Å²) in [4.78, 5) is 4.82. The first-order valence-corrected chi connectivity index (χ1v) is 8.77. The van der Waals surface area contributed by atoms with Gasteiger partial charge in [-0.25, -0.2) is 0 Å². The van der Waals surface area contributed by atoms with Crippen molar-refractivity contribution in [1.82, 2.24) is 9.80 Å². The number of aliphatic hydroxyl groups is 1. The van der Waals surface area contributed by atoms with Crippen LogP contribution in [0.3, 0.4) is 0 Å². The minimum absolute atomic E-state index is 0.345. The van der Waals surface area contributed by atoms with Crippen LogP contribution in [-0.2, 0) is 0 Å². The first-order valence-electron chi connectivity index (χ1n) is 8.77. The van der Waals surface area contributed by atoms with Gasteiger partial charge in [-0.1, -0.05) is 17.7 Å². The van der Waals surface area contributed by atoms with E-state index in [1.54, 1.807) is 0 Å². The van der Waals surface area contributed by atoms with Gasteiger partial charge in [-0.05, 0) is 65.9 Å². The summed E-state index contributed by atoms with van der Waals surface area (Å²) >= 11 is 0. The van der Waals surface area contributed by atoms with Gasteiger partial charge in [-0.2, -0.15) is 0 Å². The Labute approximate surface area is 141 Å². The van der Waals surface area contributed by atoms with E-state index in [-0.39, 0.29) is 0 Å². The molecule has 23 heavy (non-hydrogen) atoms. The van der Waals surface area contributed by atoms with Crippen molar-refractivity contribution in [3.05, 3.63) is 29.8 Å². The van der Waals surface area contributed by atoms with Gasteiger partial charge in [0.25, 0.3) is 0 Å². The average molecular weight is 320 g/mol. The molecular weight excluding hydrogens is 288 g/mol. The van der Waals surface area contributed by atoms with Crippen molar-refractivity contribution in [2.24, 2.45) is 0 Å². The molecule has 0 aromatic heterocycles. The third-order valence-corrected chi connectivity index (χ3v) is 4.81. The monoisotopic (exact) mass is 320 g/mol. The van der Waals surface area contributed by atoms with Crippen molar-refractivity contribution in [2.45, 2.75) is 51.8 Å². The van der Waals surface area contributed by atoms with Crippen molar-refractivity contribution >= 4 is 0 Å². The fraction of sp³-hybridized carbons (Fsp3) is 0.684. The molecule has 0 saturated carbocycles. The molecule has 0 bridgehead atoms. The highest BCUT2D eigenvalue weighted by molar-refractivity contribution is 5.26. The maximum atomic E-state index is 10.2. The largest absolute Gasteiger partial charge is 0.491 e. The molecule has 0 spiro atoms. The SMILES string of the molecule is Cc1ccc(OCC(O)CN(C)C2CCN(C(C)C)CC2)cc1. The highest BCUT2D eigenvalue weighted by atomic mass is 16.5. The van der Waals surface area contributed by atoms with E-state index in [1.165, 1.54) is 18.4 Å². The van der Waals surface area contributed by atoms with E-state index >= 15 is 0 Å². The van der Waals surface area contributed by atoms with Gasteiger partial charge >= 0.3 is 0 Å². The van der Waals surface area contributed by atoms with Crippen molar-refractivity contribution in [1.29, 1.82) is 0 Å². The van der Waals surface area contributed by atoms with Crippen LogP contribution in [0.25, 0.3) is 0 Å². The van der Waals surface area contributed by atoms with E-state index in [9.17, 15) is 5.11 Å². The molecule has 0 aliphatic carbocycles. The third-order valence-electron chi connectivity index (χ3n) is 4.81. The van der Waals surface area contributed by atoms with Gasteiger partial charge in [-0.3, -0.25) is 0 Å². The summed E-state index contributed by atoms with van der Waals surface area (Å²) in [5.41, 5.74) is 1.21. The van der Waals surface area contributed by atoms with Gasteiger partial charge in [0.2, 0.25) is 0 Å². The van der Waals surface area contributed by atoms with Crippen LogP contribution in [0.15, 0.2) is 24.3 Å². The Bertz CT molecular complexity index is 453. The Morgan fingerprint density at radius 1 is 1.22 bits per heavy atom. The Morgan fingerprint density at radius 3 is 2.39 bits per heavy atom. The summed E-state index contributed by atoms with van der Waals surface area (Å²) in [6.07, 6.45) is 1.91. The molecule has 1 unspecified atom stereocenters. The summed E-state index contributed by atoms with van der Waals surface area (Å²) in [6.45, 7) is 9.90. The molecular formula is C19H32N2O2. The fourth-order valence-electron chi connectivity index (χ4n) is 3.20. The van der Waals surface area contributed by atoms with E-state index in [0.717, 1.165) is 18.8 Å². The summed E-state index contributed by atoms with van der Waals surface area (Å²) in [5.74, 6) is 0.822. The number of rotatable bonds is 7. The number of piperidine rings is 1. The van der Waals surface area contributed by atoms with Crippen LogP contribution in [0.2, 0.25) is 0 Å². The van der Waals surface area contributed by atoms with E-state index in [2.05, 4.69) is 37.6 Å². The van der Waals surface area contributed by atoms with Gasteiger partial charge in [0.05, 0.1) is 0 Å². The number of ether oxygens (including phenoxy) is 1. The smallest absolute Gasteiger partial charge is 0.119 e. The van der Waals surface area contributed by atoms with Crippen molar-refractivity contribution in [3.63, 3.8) is 0 Å². The Balaban J connectivity index is 1.70. The molecule has 2 rings (SSSR count). The van der Waals surface area contributed by atoms with Gasteiger partial charge in [0.15, 0.2) is 0 Å². The molecule has 1 atom stereocenters. The molecule has 1 N–H and O–H groups in total. The molecule has 130 valence electrons. The molecule has 4 heteroatoms. The number of aryl methyl sites for hydroxylation is 1. The van der Waals surface area contributed by atoms with Gasteiger partial charge in [-0.15, -0.1) is 0 Å². The fourth-order valence-corrected chi connectivity index (χ4v) is 3.20. The molecule has 0 amide bonds. The van der Waals surface area contributed by atoms with Crippen LogP contribution >= 0.6 is 0 Å². The number of likely N-dealkylation sites (N-methyl/N-ethyl adjacent to an activating group) is 1. The lowest BCUT2D eigenvalue weighted by Crippen LogP contribution is -2.47. The van der Waals surface area contributed by atoms with Crippen LogP contribution < -0.4 is 4.74 Å². The number of benzene rings is 1. The molecule has 1 saturated heterocycles. The zero-order valence-corrected chi connectivity index (χ0v) is 15.0. The zero-order valence-electron chi connectivity index (χ0n) is 15.0. The number of hydrogen-bond donors (Lipinski definition) is 1. The molecule has 1 aromatic carbocycles. The van der Waals surface area contributed by atoms with Gasteiger partial charge < -0.3 is 19.6 Å². The number of aliphatic hydroxyl groups excluding tert-OH is 1. The quantitative estimate of drug-likeness (QED) is 0.837. The molecule has 1 heterocycles. The number of nitrogens with zero attached hydrogens (tertiary/aromatic N) is 2. The van der Waals surface area contributed by atoms with Crippen molar-refractivity contribution < 1.29 is 9.84 Å². The first-order chi connectivity index (χ1) is 11.0. The van der Waals surface area contributed by atoms with E-state index in [1.807, 2.05) is 24.3 Å². The molecule has 1 aliphatic heterocycles. The maximum Gasteiger partial charge on any atom is 0.119 e. The second-order valence-corrected chi connectivity index (χ2v) is 7.08. The number of hydrogen-bond acceptors (Lipinski definition) is 4. The maximum absolute atomic E-state index is 10.2. The van der Waals surface area contributed by atoms with Crippen LogP contribution in [0, 0.1) is 6.92 Å². The summed E-state index contributed by atoms with van der Waals surface area (Å²) in [7, 11) is 2.12. The molecule has 1 aromatic rings. The Kier molecular flexibility index (Phi) is 6.88. The third kappa shape index (κ3) is 5.79. The topological polar surface area (TPSA) is 35.9 Å². The standard InChI is InChI=1S/C19H32N2O2/c1-15(2)21-11-9-17(10-12-21)20(4)13-18(22)14-23-19-7-5-16(3)6-8-19/h5-8,15,17-18,22H,9-14H2,1-4H3. The van der Waals surface area contributed by atoms with Gasteiger partial charge in [0.1, 0.15) is 18.5 Å². The predicted octanol–water partition coefficient (Wildman–Crippen LogP) is 2.54. The van der Waals surface area contributed by atoms with Crippen LogP contribution in [-0.4, -0.2) is 66.4 Å². The van der Waals surface area contributed by atoms with E-state index < -0.39 is 6.10 Å². The van der Waals surface area contributed by atoms with E-state index in [0.29, 0.717) is 25.2 Å². The van der Waals surface area contributed by atoms with Crippen molar-refractivity contribution in [3.8, 4) is 5.75 Å². The van der Waals surface area contributed by atoms with Crippen molar-refractivity contribution in [2.75, 3.05) is 33.3 Å². The zero-order chi connectivity index (χ0) is 16.8.